The molecule has 2 aromatic heterocycles. The summed E-state index contributed by atoms with van der Waals surface area (Å²) in [7, 11) is 0. The summed E-state index contributed by atoms with van der Waals surface area (Å²) < 4.78 is 21.2. The first-order valence-corrected chi connectivity index (χ1v) is 10.3. The van der Waals surface area contributed by atoms with Gasteiger partial charge in [0, 0.05) is 28.6 Å². The highest BCUT2D eigenvalue weighted by Gasteiger charge is 2.45. The van der Waals surface area contributed by atoms with Crippen LogP contribution in [0.15, 0.2) is 16.9 Å². The number of aliphatic hydroxyl groups is 1. The van der Waals surface area contributed by atoms with Crippen LogP contribution in [0.1, 0.15) is 52.8 Å². The van der Waals surface area contributed by atoms with E-state index < -0.39 is 11.6 Å². The van der Waals surface area contributed by atoms with E-state index in [1.54, 1.807) is 24.5 Å². The van der Waals surface area contributed by atoms with Crippen LogP contribution < -0.4 is 11.3 Å². The molecule has 31 heavy (non-hydrogen) atoms. The number of esters is 1. The van der Waals surface area contributed by atoms with Crippen molar-refractivity contribution in [3.63, 3.8) is 0 Å². The minimum Gasteiger partial charge on any atom is -0.458 e. The smallest absolute Gasteiger partial charge is 0.343 e. The summed E-state index contributed by atoms with van der Waals surface area (Å²) in [6, 6.07) is 2.76. The van der Waals surface area contributed by atoms with Crippen LogP contribution in [0.3, 0.4) is 0 Å². The predicted molar refractivity (Wildman–Crippen MR) is 110 cm³/mol. The fourth-order valence-electron chi connectivity index (χ4n) is 5.41. The van der Waals surface area contributed by atoms with Crippen LogP contribution in [0.25, 0.3) is 22.3 Å². The third-order valence-corrected chi connectivity index (χ3v) is 7.14. The number of benzene rings is 1. The van der Waals surface area contributed by atoms with Gasteiger partial charge in [-0.1, -0.05) is 6.92 Å². The van der Waals surface area contributed by atoms with Gasteiger partial charge in [0.15, 0.2) is 5.60 Å². The van der Waals surface area contributed by atoms with Gasteiger partial charge in [0.1, 0.15) is 12.4 Å². The van der Waals surface area contributed by atoms with Crippen molar-refractivity contribution in [3.05, 3.63) is 61.7 Å². The van der Waals surface area contributed by atoms with Gasteiger partial charge in [-0.25, -0.2) is 14.2 Å². The van der Waals surface area contributed by atoms with Gasteiger partial charge in [0.05, 0.1) is 29.0 Å². The number of hydrogen-bond donors (Lipinski definition) is 2. The molecule has 0 bridgehead atoms. The average molecular weight is 421 g/mol. The molecule has 1 aromatic carbocycles. The van der Waals surface area contributed by atoms with Crippen molar-refractivity contribution in [2.24, 2.45) is 5.73 Å². The van der Waals surface area contributed by atoms with E-state index in [2.05, 4.69) is 0 Å². The Morgan fingerprint density at radius 3 is 2.84 bits per heavy atom. The summed E-state index contributed by atoms with van der Waals surface area (Å²) in [6.07, 6.45) is 0.594. The molecule has 4 heterocycles. The number of nitrogens with zero attached hydrogens (tertiary/aromatic N) is 2. The van der Waals surface area contributed by atoms with E-state index in [0.29, 0.717) is 28.9 Å². The topological polar surface area (TPSA) is 107 Å². The molecular formula is C23H20FN3O4. The van der Waals surface area contributed by atoms with Crippen molar-refractivity contribution in [2.45, 2.75) is 51.5 Å². The van der Waals surface area contributed by atoms with Gasteiger partial charge in [-0.3, -0.25) is 4.79 Å². The Morgan fingerprint density at radius 2 is 2.10 bits per heavy atom. The van der Waals surface area contributed by atoms with Gasteiger partial charge in [0.25, 0.3) is 5.56 Å². The van der Waals surface area contributed by atoms with Crippen LogP contribution >= 0.6 is 0 Å². The summed E-state index contributed by atoms with van der Waals surface area (Å²) in [5, 5.41) is 11.9. The van der Waals surface area contributed by atoms with Gasteiger partial charge >= 0.3 is 5.97 Å². The first-order chi connectivity index (χ1) is 14.8. The number of carbonyl (C=O) groups is 1. The lowest BCUT2D eigenvalue weighted by Crippen LogP contribution is -2.44. The van der Waals surface area contributed by atoms with E-state index in [9.17, 15) is 19.1 Å². The van der Waals surface area contributed by atoms with Crippen LogP contribution in [0, 0.1) is 12.7 Å². The molecule has 0 fully saturated rings. The SMILES string of the molecule is CC[C@@]1(O)C(=O)OCc2c1cc1n(c2=O)Cc2c-1nc1cc(F)c(C)c3c1c2C(N)C3. The molecule has 0 amide bonds. The van der Waals surface area contributed by atoms with E-state index in [0.717, 1.165) is 22.1 Å². The minimum absolute atomic E-state index is 0.0731. The normalized spacial score (nSPS) is 23.0. The number of fused-ring (bicyclic) bond motifs is 5. The molecule has 8 heteroatoms. The first-order valence-electron chi connectivity index (χ1n) is 10.3. The Morgan fingerprint density at radius 1 is 1.32 bits per heavy atom. The Kier molecular flexibility index (Phi) is 3.47. The zero-order valence-corrected chi connectivity index (χ0v) is 17.1. The van der Waals surface area contributed by atoms with Crippen LogP contribution in [-0.2, 0) is 34.7 Å². The molecule has 6 rings (SSSR count). The Labute approximate surface area is 176 Å². The molecule has 0 saturated heterocycles. The predicted octanol–water partition coefficient (Wildman–Crippen LogP) is 2.08. The number of rotatable bonds is 1. The molecule has 7 nitrogen and oxygen atoms in total. The molecule has 3 N–H and O–H groups in total. The van der Waals surface area contributed by atoms with Crippen molar-refractivity contribution in [3.8, 4) is 11.4 Å². The lowest BCUT2D eigenvalue weighted by molar-refractivity contribution is -0.172. The second kappa shape index (κ2) is 5.77. The minimum atomic E-state index is -1.88. The van der Waals surface area contributed by atoms with Crippen LogP contribution in [0.5, 0.6) is 0 Å². The van der Waals surface area contributed by atoms with E-state index >= 15 is 0 Å². The highest BCUT2D eigenvalue weighted by molar-refractivity contribution is 5.94. The van der Waals surface area contributed by atoms with Crippen molar-refractivity contribution in [1.82, 2.24) is 9.55 Å². The maximum absolute atomic E-state index is 14.6. The molecule has 1 aliphatic carbocycles. The molecule has 0 radical (unpaired) electrons. The van der Waals surface area contributed by atoms with Crippen molar-refractivity contribution in [1.29, 1.82) is 0 Å². The fraction of sp³-hybridized carbons (Fsp3) is 0.348. The molecule has 3 aromatic rings. The third-order valence-electron chi connectivity index (χ3n) is 7.14. The summed E-state index contributed by atoms with van der Waals surface area (Å²) in [5.74, 6) is -1.10. The van der Waals surface area contributed by atoms with Gasteiger partial charge < -0.3 is 20.1 Å². The number of cyclic esters (lactones) is 1. The van der Waals surface area contributed by atoms with Gasteiger partial charge in [-0.05, 0) is 42.5 Å². The highest BCUT2D eigenvalue weighted by atomic mass is 19.1. The number of carbonyl (C=O) groups excluding carboxylic acids is 1. The van der Waals surface area contributed by atoms with E-state index in [4.69, 9.17) is 15.5 Å². The number of hydrogen-bond acceptors (Lipinski definition) is 6. The van der Waals surface area contributed by atoms with Gasteiger partial charge in [0.2, 0.25) is 0 Å². The molecule has 1 unspecified atom stereocenters. The zero-order chi connectivity index (χ0) is 21.8. The molecular weight excluding hydrogens is 401 g/mol. The molecule has 0 saturated carbocycles. The standard InChI is InChI=1S/C23H20FN3O4/c1-3-23(30)13-5-17-20-11(7-27(17)21(28)12(13)8-31-22(23)29)18-15(25)4-10-9(2)14(24)6-16(26-20)19(10)18/h5-6,15,30H,3-4,7-8,25H2,1-2H3/t15?,23-/m0/s1. The number of ether oxygens (including phenoxy) is 1. The first kappa shape index (κ1) is 18.7. The van der Waals surface area contributed by atoms with Gasteiger partial charge in [-0.15, -0.1) is 0 Å². The van der Waals surface area contributed by atoms with Crippen molar-refractivity contribution in [2.75, 3.05) is 0 Å². The maximum Gasteiger partial charge on any atom is 0.343 e. The second-order valence-corrected chi connectivity index (χ2v) is 8.62. The lowest BCUT2D eigenvalue weighted by Gasteiger charge is -2.31. The summed E-state index contributed by atoms with van der Waals surface area (Å²) in [5.41, 5.74) is 9.53. The second-order valence-electron chi connectivity index (χ2n) is 8.62. The van der Waals surface area contributed by atoms with Crippen LogP contribution in [-0.4, -0.2) is 20.6 Å². The molecule has 2 atom stereocenters. The van der Waals surface area contributed by atoms with Gasteiger partial charge in [-0.2, -0.15) is 0 Å². The van der Waals surface area contributed by atoms with E-state index in [1.165, 1.54) is 6.07 Å². The Hall–Kier alpha value is -3.10. The Bertz CT molecular complexity index is 1430. The highest BCUT2D eigenvalue weighted by Crippen LogP contribution is 2.46. The van der Waals surface area contributed by atoms with Crippen LogP contribution in [0.2, 0.25) is 0 Å². The third kappa shape index (κ3) is 2.11. The fourth-order valence-corrected chi connectivity index (χ4v) is 5.41. The summed E-state index contributed by atoms with van der Waals surface area (Å²) in [4.78, 5) is 30.4. The number of halogens is 1. The lowest BCUT2D eigenvalue weighted by atomic mass is 9.86. The summed E-state index contributed by atoms with van der Waals surface area (Å²) >= 11 is 0. The van der Waals surface area contributed by atoms with Crippen molar-refractivity contribution < 1.29 is 19.0 Å². The maximum atomic E-state index is 14.6. The average Bonchev–Trinajstić information content (AvgIpc) is 3.28. The number of aromatic nitrogens is 2. The molecule has 2 aliphatic heterocycles. The quantitative estimate of drug-likeness (QED) is 0.456. The van der Waals surface area contributed by atoms with Crippen LogP contribution in [0.4, 0.5) is 4.39 Å². The monoisotopic (exact) mass is 421 g/mol. The Balaban J connectivity index is 1.69. The number of pyridine rings is 2. The molecule has 3 aliphatic rings. The summed E-state index contributed by atoms with van der Waals surface area (Å²) in [6.45, 7) is 3.52. The molecule has 0 spiro atoms. The van der Waals surface area contributed by atoms with E-state index in [-0.39, 0.29) is 48.1 Å². The van der Waals surface area contributed by atoms with Crippen molar-refractivity contribution >= 4 is 16.9 Å². The largest absolute Gasteiger partial charge is 0.458 e. The zero-order valence-electron chi connectivity index (χ0n) is 17.1. The molecule has 158 valence electrons. The van der Waals surface area contributed by atoms with E-state index in [1.807, 2.05) is 0 Å². The number of nitrogens with two attached hydrogens (primary N) is 1.